The number of ether oxygens (including phenoxy) is 2. The molecule has 1 N–H and O–H groups in total. The van der Waals surface area contributed by atoms with Crippen molar-refractivity contribution in [1.29, 1.82) is 0 Å². The predicted octanol–water partition coefficient (Wildman–Crippen LogP) is 9.09. The number of nitrogens with zero attached hydrogens (tertiary/aromatic N) is 3. The van der Waals surface area contributed by atoms with Crippen LogP contribution < -0.4 is 10.1 Å². The van der Waals surface area contributed by atoms with Gasteiger partial charge in [-0.3, -0.25) is 0 Å². The van der Waals surface area contributed by atoms with Crippen molar-refractivity contribution in [3.63, 3.8) is 0 Å². The van der Waals surface area contributed by atoms with Crippen LogP contribution in [0.4, 0.5) is 5.82 Å². The molecule has 0 amide bonds. The van der Waals surface area contributed by atoms with Crippen LogP contribution in [0, 0.1) is 19.3 Å². The summed E-state index contributed by atoms with van der Waals surface area (Å²) in [6.45, 7) is 24.4. The molecule has 45 heavy (non-hydrogen) atoms. The lowest BCUT2D eigenvalue weighted by Crippen LogP contribution is -2.46. The molecule has 1 saturated carbocycles. The van der Waals surface area contributed by atoms with Gasteiger partial charge in [0.2, 0.25) is 0 Å². The molecule has 1 aromatic carbocycles. The van der Waals surface area contributed by atoms with Gasteiger partial charge >= 0.3 is 0 Å². The van der Waals surface area contributed by atoms with Gasteiger partial charge < -0.3 is 23.7 Å². The third kappa shape index (κ3) is 8.35. The Morgan fingerprint density at radius 3 is 2.36 bits per heavy atom. The van der Waals surface area contributed by atoms with Crippen LogP contribution in [0.2, 0.25) is 18.1 Å². The molecule has 2 fully saturated rings. The van der Waals surface area contributed by atoms with Crippen LogP contribution >= 0.6 is 0 Å². The summed E-state index contributed by atoms with van der Waals surface area (Å²) in [6, 6.07) is 8.44. The van der Waals surface area contributed by atoms with Crippen molar-refractivity contribution in [1.82, 2.24) is 15.1 Å². The van der Waals surface area contributed by atoms with Crippen molar-refractivity contribution in [2.45, 2.75) is 124 Å². The molecule has 0 spiro atoms. The third-order valence-corrected chi connectivity index (χ3v) is 14.0. The van der Waals surface area contributed by atoms with Crippen LogP contribution in [0.1, 0.15) is 96.6 Å². The Bertz CT molecular complexity index is 1460. The van der Waals surface area contributed by atoms with Gasteiger partial charge in [-0.1, -0.05) is 58.8 Å². The highest BCUT2D eigenvalue weighted by Crippen LogP contribution is 2.46. The summed E-state index contributed by atoms with van der Waals surface area (Å²) in [7, 11) is -1.97. The molecule has 1 saturated heterocycles. The SMILES string of the molecule is Cc1noc(C2CC2)c1-c1nc(-c2cccc(OCC(CC(C)(C)C)O[Si](C)(C)C(C)(C)C)c2)nc(NC2CCOCC2)c1C. The number of hydrogen-bond donors (Lipinski definition) is 1. The molecular weight excluding hydrogens is 581 g/mol. The van der Waals surface area contributed by atoms with Gasteiger partial charge in [0.1, 0.15) is 23.9 Å². The third-order valence-electron chi connectivity index (χ3n) is 9.42. The maximum atomic E-state index is 6.88. The minimum absolute atomic E-state index is 0.00413. The fourth-order valence-electron chi connectivity index (χ4n) is 5.69. The van der Waals surface area contributed by atoms with E-state index in [-0.39, 0.29) is 16.6 Å². The van der Waals surface area contributed by atoms with Gasteiger partial charge in [0.25, 0.3) is 0 Å². The van der Waals surface area contributed by atoms with Crippen LogP contribution in [0.25, 0.3) is 22.6 Å². The lowest BCUT2D eigenvalue weighted by Gasteiger charge is -2.40. The topological polar surface area (TPSA) is 91.5 Å². The number of aryl methyl sites for hydroxylation is 1. The van der Waals surface area contributed by atoms with E-state index in [0.717, 1.165) is 90.7 Å². The molecular formula is C36H54N4O4Si. The summed E-state index contributed by atoms with van der Waals surface area (Å²) in [5.41, 5.74) is 4.80. The summed E-state index contributed by atoms with van der Waals surface area (Å²) in [6.07, 6.45) is 5.07. The van der Waals surface area contributed by atoms with Crippen molar-refractivity contribution in [3.05, 3.63) is 41.3 Å². The van der Waals surface area contributed by atoms with Crippen LogP contribution in [0.3, 0.4) is 0 Å². The number of nitrogens with one attached hydrogen (secondary N) is 1. The van der Waals surface area contributed by atoms with E-state index in [1.54, 1.807) is 0 Å². The number of aromatic nitrogens is 3. The first-order chi connectivity index (χ1) is 21.1. The fourth-order valence-corrected chi connectivity index (χ4v) is 7.03. The first-order valence-electron chi connectivity index (χ1n) is 16.7. The van der Waals surface area contributed by atoms with Crippen LogP contribution in [0.15, 0.2) is 28.8 Å². The molecule has 3 aromatic rings. The molecule has 0 bridgehead atoms. The Morgan fingerprint density at radius 2 is 1.71 bits per heavy atom. The van der Waals surface area contributed by atoms with E-state index in [1.807, 2.05) is 19.1 Å². The van der Waals surface area contributed by atoms with Crippen molar-refractivity contribution in [2.24, 2.45) is 5.41 Å². The van der Waals surface area contributed by atoms with Crippen molar-refractivity contribution < 1.29 is 18.4 Å². The first-order valence-corrected chi connectivity index (χ1v) is 19.6. The van der Waals surface area contributed by atoms with E-state index in [1.165, 1.54) is 0 Å². The maximum absolute atomic E-state index is 6.88. The molecule has 0 radical (unpaired) electrons. The van der Waals surface area contributed by atoms with Gasteiger partial charge in [0.15, 0.2) is 14.1 Å². The van der Waals surface area contributed by atoms with Crippen molar-refractivity contribution >= 4 is 14.1 Å². The quantitative estimate of drug-likeness (QED) is 0.209. The smallest absolute Gasteiger partial charge is 0.192 e. The molecule has 2 aromatic heterocycles. The van der Waals surface area contributed by atoms with Gasteiger partial charge in [-0.15, -0.1) is 0 Å². The number of benzene rings is 1. The molecule has 1 aliphatic carbocycles. The molecule has 1 unspecified atom stereocenters. The van der Waals surface area contributed by atoms with Crippen molar-refractivity contribution in [2.75, 3.05) is 25.1 Å². The van der Waals surface area contributed by atoms with Crippen LogP contribution in [0.5, 0.6) is 5.75 Å². The first kappa shape index (κ1) is 33.6. The Hall–Kier alpha value is -2.75. The number of anilines is 1. The van der Waals surface area contributed by atoms with E-state index >= 15 is 0 Å². The molecule has 3 heterocycles. The average Bonchev–Trinajstić information content (AvgIpc) is 3.73. The molecule has 9 heteroatoms. The monoisotopic (exact) mass is 634 g/mol. The largest absolute Gasteiger partial charge is 0.491 e. The second-order valence-electron chi connectivity index (χ2n) is 15.8. The Kier molecular flexibility index (Phi) is 9.83. The van der Waals surface area contributed by atoms with Gasteiger partial charge in [0.05, 0.1) is 23.1 Å². The number of rotatable bonds is 11. The normalized spacial score (nSPS) is 17.4. The summed E-state index contributed by atoms with van der Waals surface area (Å²) in [5, 5.41) is 8.22. The maximum Gasteiger partial charge on any atom is 0.192 e. The van der Waals surface area contributed by atoms with E-state index in [0.29, 0.717) is 24.4 Å². The molecule has 1 aliphatic heterocycles. The molecule has 246 valence electrons. The second kappa shape index (κ2) is 13.2. The summed E-state index contributed by atoms with van der Waals surface area (Å²) in [4.78, 5) is 10.3. The van der Waals surface area contributed by atoms with Gasteiger partial charge in [0, 0.05) is 36.3 Å². The molecule has 8 nitrogen and oxygen atoms in total. The van der Waals surface area contributed by atoms with Crippen LogP contribution in [-0.2, 0) is 9.16 Å². The zero-order valence-corrected chi connectivity index (χ0v) is 30.2. The van der Waals surface area contributed by atoms with Crippen LogP contribution in [-0.4, -0.2) is 55.4 Å². The molecule has 5 rings (SSSR count). The van der Waals surface area contributed by atoms with E-state index < -0.39 is 8.32 Å². The highest BCUT2D eigenvalue weighted by Gasteiger charge is 2.40. The lowest BCUT2D eigenvalue weighted by atomic mass is 9.89. The Labute approximate surface area is 271 Å². The van der Waals surface area contributed by atoms with E-state index in [4.69, 9.17) is 28.4 Å². The zero-order valence-electron chi connectivity index (χ0n) is 29.2. The predicted molar refractivity (Wildman–Crippen MR) is 184 cm³/mol. The minimum Gasteiger partial charge on any atom is -0.491 e. The lowest BCUT2D eigenvalue weighted by molar-refractivity contribution is 0.0789. The van der Waals surface area contributed by atoms with E-state index in [2.05, 4.69) is 84.2 Å². The zero-order chi connectivity index (χ0) is 32.6. The Morgan fingerprint density at radius 1 is 1.00 bits per heavy atom. The summed E-state index contributed by atoms with van der Waals surface area (Å²) >= 11 is 0. The fraction of sp³-hybridized carbons (Fsp3) is 0.639. The van der Waals surface area contributed by atoms with E-state index in [9.17, 15) is 0 Å². The standard InChI is InChI=1S/C36H54N4O4Si/c1-23-31(30-24(2)40-43-32(30)25-14-15-25)38-34(39-33(23)37-27-16-18-41-19-17-27)26-12-11-13-28(20-26)42-22-29(21-35(3,4)5)44-45(9,10)36(6,7)8/h11-13,20,25,27,29H,14-19,21-22H2,1-10H3,(H,37,38,39). The molecule has 2 aliphatic rings. The van der Waals surface area contributed by atoms with Gasteiger partial charge in [-0.05, 0) is 81.6 Å². The highest BCUT2D eigenvalue weighted by atomic mass is 28.4. The summed E-state index contributed by atoms with van der Waals surface area (Å²) < 4.78 is 24.8. The molecule has 1 atom stereocenters. The highest BCUT2D eigenvalue weighted by molar-refractivity contribution is 6.74. The van der Waals surface area contributed by atoms with Gasteiger partial charge in [-0.2, -0.15) is 0 Å². The average molecular weight is 635 g/mol. The van der Waals surface area contributed by atoms with Crippen molar-refractivity contribution in [3.8, 4) is 28.4 Å². The minimum atomic E-state index is -1.97. The number of hydrogen-bond acceptors (Lipinski definition) is 8. The van der Waals surface area contributed by atoms with Gasteiger partial charge in [-0.25, -0.2) is 9.97 Å². The summed E-state index contributed by atoms with van der Waals surface area (Å²) in [5.74, 6) is 3.65. The second-order valence-corrected chi connectivity index (χ2v) is 20.5. The Balaban J connectivity index is 1.46.